The van der Waals surface area contributed by atoms with Gasteiger partial charge in [-0.1, -0.05) is 48.0 Å². The Labute approximate surface area is 180 Å². The molecule has 0 spiro atoms. The molecule has 3 aromatic rings. The number of hydrazone groups is 1. The summed E-state index contributed by atoms with van der Waals surface area (Å²) in [5.74, 6) is -1.19. The number of carbonyl (C=O) groups excluding carboxylic acids is 1. The van der Waals surface area contributed by atoms with E-state index in [9.17, 15) is 9.90 Å². The van der Waals surface area contributed by atoms with Crippen LogP contribution in [-0.4, -0.2) is 25.8 Å². The van der Waals surface area contributed by atoms with E-state index in [1.165, 1.54) is 0 Å². The maximum absolute atomic E-state index is 11.1. The van der Waals surface area contributed by atoms with E-state index < -0.39 is 5.97 Å². The number of rotatable bonds is 5. The molecule has 0 fully saturated rings. The first-order valence-electron chi connectivity index (χ1n) is 9.64. The third-order valence-corrected chi connectivity index (χ3v) is 5.50. The predicted molar refractivity (Wildman–Crippen MR) is 119 cm³/mol. The molecule has 1 aliphatic heterocycles. The summed E-state index contributed by atoms with van der Waals surface area (Å²) >= 11 is 6.04. The molecule has 1 heterocycles. The Bertz CT molecular complexity index is 1070. The zero-order chi connectivity index (χ0) is 21.3. The first-order valence-corrected chi connectivity index (χ1v) is 10.0. The van der Waals surface area contributed by atoms with Crippen molar-refractivity contribution < 1.29 is 9.90 Å². The molecular formula is C24H21ClN3O2-. The third kappa shape index (κ3) is 4.02. The lowest BCUT2D eigenvalue weighted by molar-refractivity contribution is -0.255. The minimum Gasteiger partial charge on any atom is -0.545 e. The second kappa shape index (κ2) is 8.20. The highest BCUT2D eigenvalue weighted by Crippen LogP contribution is 2.37. The van der Waals surface area contributed by atoms with Gasteiger partial charge in [0.1, 0.15) is 0 Å². The van der Waals surface area contributed by atoms with Gasteiger partial charge in [0.2, 0.25) is 0 Å². The molecule has 0 bridgehead atoms. The number of benzene rings is 3. The lowest BCUT2D eigenvalue weighted by Gasteiger charge is -2.25. The quantitative estimate of drug-likeness (QED) is 0.625. The molecule has 0 N–H and O–H groups in total. The Morgan fingerprint density at radius 3 is 2.20 bits per heavy atom. The van der Waals surface area contributed by atoms with Crippen LogP contribution in [0.15, 0.2) is 77.9 Å². The van der Waals surface area contributed by atoms with Crippen molar-refractivity contribution in [3.8, 4) is 0 Å². The van der Waals surface area contributed by atoms with Crippen molar-refractivity contribution in [2.45, 2.75) is 12.5 Å². The van der Waals surface area contributed by atoms with Gasteiger partial charge in [-0.05, 0) is 53.1 Å². The monoisotopic (exact) mass is 418 g/mol. The van der Waals surface area contributed by atoms with Crippen LogP contribution in [0.5, 0.6) is 0 Å². The molecule has 0 saturated heterocycles. The van der Waals surface area contributed by atoms with Crippen molar-refractivity contribution in [3.63, 3.8) is 0 Å². The van der Waals surface area contributed by atoms with Gasteiger partial charge in [0, 0.05) is 31.2 Å². The van der Waals surface area contributed by atoms with Crippen LogP contribution >= 0.6 is 11.6 Å². The van der Waals surface area contributed by atoms with Crippen molar-refractivity contribution in [1.82, 2.24) is 0 Å². The summed E-state index contributed by atoms with van der Waals surface area (Å²) in [5.41, 5.74) is 5.20. The molecule has 5 nitrogen and oxygen atoms in total. The van der Waals surface area contributed by atoms with E-state index in [-0.39, 0.29) is 11.6 Å². The third-order valence-electron chi connectivity index (χ3n) is 5.25. The normalized spacial score (nSPS) is 15.8. The second-order valence-corrected chi connectivity index (χ2v) is 7.87. The smallest absolute Gasteiger partial charge is 0.0831 e. The van der Waals surface area contributed by atoms with Gasteiger partial charge in [0.05, 0.1) is 23.4 Å². The summed E-state index contributed by atoms with van der Waals surface area (Å²) in [6, 6.07) is 22.7. The maximum atomic E-state index is 11.1. The van der Waals surface area contributed by atoms with Gasteiger partial charge in [-0.3, -0.25) is 5.01 Å². The number of carboxylic acids is 1. The Morgan fingerprint density at radius 2 is 1.63 bits per heavy atom. The molecular weight excluding hydrogens is 398 g/mol. The van der Waals surface area contributed by atoms with Gasteiger partial charge >= 0.3 is 0 Å². The molecule has 1 atom stereocenters. The van der Waals surface area contributed by atoms with Crippen LogP contribution < -0.4 is 15.0 Å². The van der Waals surface area contributed by atoms with Crippen LogP contribution in [0, 0.1) is 0 Å². The van der Waals surface area contributed by atoms with Gasteiger partial charge in [-0.15, -0.1) is 0 Å². The van der Waals surface area contributed by atoms with Gasteiger partial charge in [-0.2, -0.15) is 5.10 Å². The van der Waals surface area contributed by atoms with Crippen molar-refractivity contribution in [2.75, 3.05) is 24.0 Å². The van der Waals surface area contributed by atoms with E-state index in [1.807, 2.05) is 43.4 Å². The van der Waals surface area contributed by atoms with E-state index in [4.69, 9.17) is 16.7 Å². The zero-order valence-corrected chi connectivity index (χ0v) is 17.5. The average Bonchev–Trinajstić information content (AvgIpc) is 3.20. The second-order valence-electron chi connectivity index (χ2n) is 7.44. The molecule has 152 valence electrons. The standard InChI is InChI=1S/C24H22ClN3O2/c1-27(2)20-11-5-17(6-12-20)23-15-22(16-3-9-19(25)10-4-16)26-28(23)21-13-7-18(8-14-21)24(29)30/h3-14,23H,15H2,1-2H3,(H,29,30)/p-1/t23-/m0/s1. The van der Waals surface area contributed by atoms with E-state index >= 15 is 0 Å². The number of nitrogens with zero attached hydrogens (tertiary/aromatic N) is 3. The molecule has 6 heteroatoms. The van der Waals surface area contributed by atoms with Gasteiger partial charge in [0.15, 0.2) is 0 Å². The first-order chi connectivity index (χ1) is 14.4. The summed E-state index contributed by atoms with van der Waals surface area (Å²) in [4.78, 5) is 13.2. The number of carbonyl (C=O) groups is 1. The summed E-state index contributed by atoms with van der Waals surface area (Å²) in [6.45, 7) is 0. The minimum absolute atomic E-state index is 0.000642. The van der Waals surface area contributed by atoms with Gasteiger partial charge < -0.3 is 14.8 Å². The number of carboxylic acid groups (broad SMARTS) is 1. The molecule has 0 amide bonds. The van der Waals surface area contributed by atoms with Crippen LogP contribution in [0.2, 0.25) is 5.02 Å². The summed E-state index contributed by atoms with van der Waals surface area (Å²) in [5, 5.41) is 18.6. The number of hydrogen-bond acceptors (Lipinski definition) is 5. The number of anilines is 2. The van der Waals surface area contributed by atoms with Crippen LogP contribution in [0.1, 0.15) is 33.9 Å². The number of halogens is 1. The van der Waals surface area contributed by atoms with E-state index in [2.05, 4.69) is 29.2 Å². The summed E-state index contributed by atoms with van der Waals surface area (Å²) in [7, 11) is 4.02. The summed E-state index contributed by atoms with van der Waals surface area (Å²) < 4.78 is 0. The summed E-state index contributed by atoms with van der Waals surface area (Å²) in [6.07, 6.45) is 0.727. The Balaban J connectivity index is 1.71. The highest BCUT2D eigenvalue weighted by molar-refractivity contribution is 6.30. The molecule has 0 saturated carbocycles. The zero-order valence-electron chi connectivity index (χ0n) is 16.7. The van der Waals surface area contributed by atoms with Crippen LogP contribution in [0.3, 0.4) is 0 Å². The van der Waals surface area contributed by atoms with Crippen molar-refractivity contribution in [1.29, 1.82) is 0 Å². The molecule has 0 aromatic heterocycles. The SMILES string of the molecule is CN(C)c1ccc([C@@H]2CC(c3ccc(Cl)cc3)=NN2c2ccc(C(=O)[O-])cc2)cc1. The largest absolute Gasteiger partial charge is 0.545 e. The fourth-order valence-corrected chi connectivity index (χ4v) is 3.70. The highest BCUT2D eigenvalue weighted by atomic mass is 35.5. The lowest BCUT2D eigenvalue weighted by Crippen LogP contribution is -2.22. The molecule has 0 radical (unpaired) electrons. The minimum atomic E-state index is -1.19. The number of aromatic carboxylic acids is 1. The van der Waals surface area contributed by atoms with Crippen molar-refractivity contribution in [2.24, 2.45) is 5.10 Å². The van der Waals surface area contributed by atoms with Crippen LogP contribution in [0.4, 0.5) is 11.4 Å². The fourth-order valence-electron chi connectivity index (χ4n) is 3.57. The van der Waals surface area contributed by atoms with Gasteiger partial charge in [-0.25, -0.2) is 0 Å². The van der Waals surface area contributed by atoms with Crippen LogP contribution in [-0.2, 0) is 0 Å². The molecule has 4 rings (SSSR count). The van der Waals surface area contributed by atoms with Crippen molar-refractivity contribution >= 4 is 34.7 Å². The molecule has 30 heavy (non-hydrogen) atoms. The Kier molecular flexibility index (Phi) is 5.46. The van der Waals surface area contributed by atoms with E-state index in [1.54, 1.807) is 24.3 Å². The fraction of sp³-hybridized carbons (Fsp3) is 0.167. The highest BCUT2D eigenvalue weighted by Gasteiger charge is 2.30. The molecule has 0 unspecified atom stereocenters. The predicted octanol–water partition coefficient (Wildman–Crippen LogP) is 4.13. The maximum Gasteiger partial charge on any atom is 0.0831 e. The van der Waals surface area contributed by atoms with Gasteiger partial charge in [0.25, 0.3) is 0 Å². The van der Waals surface area contributed by atoms with Crippen molar-refractivity contribution in [3.05, 3.63) is 94.5 Å². The van der Waals surface area contributed by atoms with Crippen LogP contribution in [0.25, 0.3) is 0 Å². The Morgan fingerprint density at radius 1 is 1.00 bits per heavy atom. The molecule has 3 aromatic carbocycles. The first kappa shape index (κ1) is 20.0. The molecule has 1 aliphatic rings. The van der Waals surface area contributed by atoms with E-state index in [0.717, 1.165) is 34.6 Å². The average molecular weight is 419 g/mol. The Hall–Kier alpha value is -3.31. The number of hydrogen-bond donors (Lipinski definition) is 0. The van der Waals surface area contributed by atoms with E-state index in [0.29, 0.717) is 5.02 Å². The topological polar surface area (TPSA) is 59.0 Å². The molecule has 0 aliphatic carbocycles. The lowest BCUT2D eigenvalue weighted by atomic mass is 9.98.